The van der Waals surface area contributed by atoms with Crippen LogP contribution in [0.3, 0.4) is 0 Å². The highest BCUT2D eigenvalue weighted by atomic mass is 35.5. The Balaban J connectivity index is 0.00000312. The van der Waals surface area contributed by atoms with E-state index in [4.69, 9.17) is 5.73 Å². The molecule has 2 unspecified atom stereocenters. The number of carbonyl (C=O) groups excluding carboxylic acids is 1. The molecule has 0 saturated carbocycles. The summed E-state index contributed by atoms with van der Waals surface area (Å²) in [7, 11) is -3.58. The van der Waals surface area contributed by atoms with Gasteiger partial charge in [-0.2, -0.15) is 0 Å². The standard InChI is InChI=1S/C17H27N3O3S.ClH/c1-13-3-5-16(6-4-13)24(22,23)19-9-7-17(21)20-10-8-14(2)11-15(20)12-18;/h3-6,14-15,19H,7-12,18H2,1-2H3;1H. The fourth-order valence-electron chi connectivity index (χ4n) is 3.04. The molecule has 1 aromatic carbocycles. The van der Waals surface area contributed by atoms with Crippen molar-refractivity contribution >= 4 is 28.3 Å². The maximum atomic E-state index is 12.4. The van der Waals surface area contributed by atoms with Crippen LogP contribution in [-0.2, 0) is 14.8 Å². The Morgan fingerprint density at radius 2 is 1.96 bits per heavy atom. The van der Waals surface area contributed by atoms with Gasteiger partial charge in [0.15, 0.2) is 0 Å². The number of amides is 1. The van der Waals surface area contributed by atoms with Crippen molar-refractivity contribution in [3.05, 3.63) is 29.8 Å². The van der Waals surface area contributed by atoms with E-state index in [2.05, 4.69) is 11.6 Å². The molecule has 1 heterocycles. The molecule has 142 valence electrons. The number of nitrogens with two attached hydrogens (primary N) is 1. The molecule has 0 aliphatic carbocycles. The number of rotatable bonds is 6. The molecule has 0 aromatic heterocycles. The molecule has 8 heteroatoms. The van der Waals surface area contributed by atoms with Crippen LogP contribution >= 0.6 is 12.4 Å². The molecule has 0 spiro atoms. The van der Waals surface area contributed by atoms with E-state index in [1.54, 1.807) is 29.2 Å². The van der Waals surface area contributed by atoms with Crippen molar-refractivity contribution in [3.63, 3.8) is 0 Å². The van der Waals surface area contributed by atoms with Crippen molar-refractivity contribution in [3.8, 4) is 0 Å². The van der Waals surface area contributed by atoms with Gasteiger partial charge in [-0.1, -0.05) is 24.6 Å². The highest BCUT2D eigenvalue weighted by Gasteiger charge is 2.28. The molecule has 2 rings (SSSR count). The summed E-state index contributed by atoms with van der Waals surface area (Å²) in [6, 6.07) is 6.70. The van der Waals surface area contributed by atoms with Gasteiger partial charge in [0.25, 0.3) is 0 Å². The van der Waals surface area contributed by atoms with Gasteiger partial charge >= 0.3 is 0 Å². The first-order valence-corrected chi connectivity index (χ1v) is 9.87. The molecule has 1 aliphatic heterocycles. The van der Waals surface area contributed by atoms with Gasteiger partial charge in [-0.25, -0.2) is 13.1 Å². The van der Waals surface area contributed by atoms with E-state index in [9.17, 15) is 13.2 Å². The SMILES string of the molecule is Cc1ccc(S(=O)(=O)NCCC(=O)N2CCC(C)CC2CN)cc1.Cl. The summed E-state index contributed by atoms with van der Waals surface area (Å²) in [5.74, 6) is 0.534. The number of nitrogens with one attached hydrogen (secondary N) is 1. The molecule has 1 amide bonds. The average molecular weight is 390 g/mol. The molecule has 0 bridgehead atoms. The maximum absolute atomic E-state index is 12.4. The lowest BCUT2D eigenvalue weighted by molar-refractivity contribution is -0.135. The van der Waals surface area contributed by atoms with Crippen LogP contribution in [0.4, 0.5) is 0 Å². The van der Waals surface area contributed by atoms with Gasteiger partial charge < -0.3 is 10.6 Å². The minimum absolute atomic E-state index is 0. The molecule has 3 N–H and O–H groups in total. The number of sulfonamides is 1. The lowest BCUT2D eigenvalue weighted by Gasteiger charge is -2.38. The molecule has 6 nitrogen and oxygen atoms in total. The summed E-state index contributed by atoms with van der Waals surface area (Å²) in [6.07, 6.45) is 2.03. The Morgan fingerprint density at radius 1 is 1.32 bits per heavy atom. The van der Waals surface area contributed by atoms with E-state index in [-0.39, 0.29) is 42.2 Å². The van der Waals surface area contributed by atoms with E-state index in [0.717, 1.165) is 18.4 Å². The molecule has 1 fully saturated rings. The monoisotopic (exact) mass is 389 g/mol. The molecule has 1 saturated heterocycles. The number of carbonyl (C=O) groups is 1. The van der Waals surface area contributed by atoms with E-state index in [0.29, 0.717) is 19.0 Å². The number of nitrogens with zero attached hydrogens (tertiary/aromatic N) is 1. The fraction of sp³-hybridized carbons (Fsp3) is 0.588. The predicted molar refractivity (Wildman–Crippen MR) is 101 cm³/mol. The summed E-state index contributed by atoms with van der Waals surface area (Å²) in [5, 5.41) is 0. The Labute approximate surface area is 156 Å². The van der Waals surface area contributed by atoms with Gasteiger partial charge in [0.1, 0.15) is 0 Å². The lowest BCUT2D eigenvalue weighted by atomic mass is 9.92. The number of piperidine rings is 1. The first-order chi connectivity index (χ1) is 11.3. The minimum atomic E-state index is -3.58. The van der Waals surface area contributed by atoms with Crippen LogP contribution in [-0.4, -0.2) is 44.9 Å². The van der Waals surface area contributed by atoms with Crippen molar-refractivity contribution in [1.29, 1.82) is 0 Å². The van der Waals surface area contributed by atoms with Crippen LogP contribution in [0, 0.1) is 12.8 Å². The van der Waals surface area contributed by atoms with Gasteiger partial charge in [-0.05, 0) is 37.8 Å². The molecule has 2 atom stereocenters. The second-order valence-corrected chi connectivity index (χ2v) is 8.33. The van der Waals surface area contributed by atoms with Crippen LogP contribution in [0.1, 0.15) is 31.7 Å². The number of benzene rings is 1. The van der Waals surface area contributed by atoms with Gasteiger partial charge in [0.05, 0.1) is 4.90 Å². The maximum Gasteiger partial charge on any atom is 0.240 e. The summed E-state index contributed by atoms with van der Waals surface area (Å²) in [6.45, 7) is 5.31. The lowest BCUT2D eigenvalue weighted by Crippen LogP contribution is -2.49. The minimum Gasteiger partial charge on any atom is -0.338 e. The predicted octanol–water partition coefficient (Wildman–Crippen LogP) is 1.67. The molecule has 1 aliphatic rings. The summed E-state index contributed by atoms with van der Waals surface area (Å²) >= 11 is 0. The van der Waals surface area contributed by atoms with E-state index in [1.165, 1.54) is 0 Å². The van der Waals surface area contributed by atoms with E-state index >= 15 is 0 Å². The smallest absolute Gasteiger partial charge is 0.240 e. The number of hydrogen-bond acceptors (Lipinski definition) is 4. The number of halogens is 1. The zero-order chi connectivity index (χ0) is 17.7. The fourth-order valence-corrected chi connectivity index (χ4v) is 4.07. The van der Waals surface area contributed by atoms with Crippen LogP contribution < -0.4 is 10.5 Å². The van der Waals surface area contributed by atoms with Crippen LogP contribution in [0.15, 0.2) is 29.2 Å². The van der Waals surface area contributed by atoms with E-state index in [1.807, 2.05) is 6.92 Å². The van der Waals surface area contributed by atoms with Crippen LogP contribution in [0.5, 0.6) is 0 Å². The van der Waals surface area contributed by atoms with Crippen molar-refractivity contribution in [1.82, 2.24) is 9.62 Å². The van der Waals surface area contributed by atoms with Gasteiger partial charge in [-0.15, -0.1) is 12.4 Å². The zero-order valence-corrected chi connectivity index (χ0v) is 16.4. The third-order valence-corrected chi connectivity index (χ3v) is 6.01. The van der Waals surface area contributed by atoms with Gasteiger partial charge in [0, 0.05) is 32.1 Å². The molecule has 0 radical (unpaired) electrons. The third-order valence-electron chi connectivity index (χ3n) is 4.53. The number of aryl methyl sites for hydroxylation is 1. The molecular weight excluding hydrogens is 362 g/mol. The quantitative estimate of drug-likeness (QED) is 0.774. The van der Waals surface area contributed by atoms with Crippen LogP contribution in [0.2, 0.25) is 0 Å². The molecular formula is C17H28ClN3O3S. The highest BCUT2D eigenvalue weighted by Crippen LogP contribution is 2.22. The van der Waals surface area contributed by atoms with Gasteiger partial charge in [0.2, 0.25) is 15.9 Å². The Kier molecular flexibility index (Phi) is 8.34. The van der Waals surface area contributed by atoms with Crippen molar-refractivity contribution in [2.75, 3.05) is 19.6 Å². The average Bonchev–Trinajstić information content (AvgIpc) is 2.54. The molecule has 1 aromatic rings. The highest BCUT2D eigenvalue weighted by molar-refractivity contribution is 7.89. The van der Waals surface area contributed by atoms with Crippen molar-refractivity contribution < 1.29 is 13.2 Å². The Bertz CT molecular complexity index is 664. The first kappa shape index (κ1) is 21.9. The topological polar surface area (TPSA) is 92.5 Å². The summed E-state index contributed by atoms with van der Waals surface area (Å²) in [4.78, 5) is 14.4. The Hall–Kier alpha value is -1.15. The van der Waals surface area contributed by atoms with Crippen LogP contribution in [0.25, 0.3) is 0 Å². The second kappa shape index (κ2) is 9.52. The zero-order valence-electron chi connectivity index (χ0n) is 14.8. The summed E-state index contributed by atoms with van der Waals surface area (Å²) in [5.41, 5.74) is 6.77. The first-order valence-electron chi connectivity index (χ1n) is 8.39. The van der Waals surface area contributed by atoms with Crippen molar-refractivity contribution in [2.24, 2.45) is 11.7 Å². The number of likely N-dealkylation sites (tertiary alicyclic amines) is 1. The summed E-state index contributed by atoms with van der Waals surface area (Å²) < 4.78 is 26.9. The third kappa shape index (κ3) is 5.95. The van der Waals surface area contributed by atoms with Gasteiger partial charge in [-0.3, -0.25) is 4.79 Å². The normalized spacial score (nSPS) is 20.8. The number of hydrogen-bond donors (Lipinski definition) is 2. The van der Waals surface area contributed by atoms with Crippen molar-refractivity contribution in [2.45, 2.75) is 44.0 Å². The van der Waals surface area contributed by atoms with E-state index < -0.39 is 10.0 Å². The second-order valence-electron chi connectivity index (χ2n) is 6.57. The largest absolute Gasteiger partial charge is 0.338 e. The molecule has 25 heavy (non-hydrogen) atoms. The Morgan fingerprint density at radius 3 is 2.56 bits per heavy atom.